The van der Waals surface area contributed by atoms with Crippen LogP contribution in [0.2, 0.25) is 0 Å². The highest BCUT2D eigenvalue weighted by Gasteiger charge is 2.23. The number of pyridine rings is 1. The first-order chi connectivity index (χ1) is 13.2. The molecule has 1 aromatic heterocycles. The monoisotopic (exact) mass is 364 g/mol. The Morgan fingerprint density at radius 3 is 2.11 bits per heavy atom. The summed E-state index contributed by atoms with van der Waals surface area (Å²) < 4.78 is 5.29. The molecule has 3 rings (SSSR count). The zero-order valence-corrected chi connectivity index (χ0v) is 16.3. The van der Waals surface area contributed by atoms with Crippen molar-refractivity contribution in [2.24, 2.45) is 0 Å². The summed E-state index contributed by atoms with van der Waals surface area (Å²) in [5.74, 6) is 1.30. The van der Waals surface area contributed by atoms with Gasteiger partial charge in [-0.2, -0.15) is 5.26 Å². The van der Waals surface area contributed by atoms with E-state index >= 15 is 0 Å². The number of aromatic amines is 1. The largest absolute Gasteiger partial charge is 0.497 e. The number of aryl methyl sites for hydroxylation is 1. The number of hydrogen-bond acceptors (Lipinski definition) is 3. The molecule has 0 fully saturated rings. The number of benzene rings is 1. The van der Waals surface area contributed by atoms with Crippen LogP contribution in [-0.2, 0) is 12.8 Å². The minimum absolute atomic E-state index is 0.481. The number of hydrogen-bond donors (Lipinski definition) is 1. The summed E-state index contributed by atoms with van der Waals surface area (Å²) in [5, 5.41) is 9.80. The van der Waals surface area contributed by atoms with Crippen molar-refractivity contribution in [1.29, 1.82) is 5.26 Å². The van der Waals surface area contributed by atoms with Gasteiger partial charge in [-0.05, 0) is 37.0 Å². The molecule has 0 saturated heterocycles. The molecule has 0 atom stereocenters. The van der Waals surface area contributed by atoms with E-state index in [1.54, 1.807) is 7.11 Å². The summed E-state index contributed by atoms with van der Waals surface area (Å²) in [5.41, 5.74) is 11.3. The Kier molecular flexibility index (Phi) is 6.70. The van der Waals surface area contributed by atoms with Gasteiger partial charge in [0.05, 0.1) is 7.11 Å². The number of H-pyrrole nitrogens is 1. The standard InChI is InChI=1S/C23H29N3O/c1-27-18-14-12-17(13-15-18)22-19-10-8-6-4-2-3-5-7-9-11-21(19)26-23(25)20(22)16-24/h12-15H,2-11H2,1H3,(H2,25,26)/p+1. The molecule has 0 saturated carbocycles. The van der Waals surface area contributed by atoms with Crippen LogP contribution >= 0.6 is 0 Å². The molecule has 1 aliphatic carbocycles. The Bertz CT molecular complexity index is 806. The summed E-state index contributed by atoms with van der Waals surface area (Å²) in [6.07, 6.45) is 12.1. The number of ether oxygens (including phenoxy) is 1. The van der Waals surface area contributed by atoms with E-state index in [9.17, 15) is 5.26 Å². The van der Waals surface area contributed by atoms with Crippen LogP contribution in [0.4, 0.5) is 5.82 Å². The molecule has 0 amide bonds. The van der Waals surface area contributed by atoms with Gasteiger partial charge in [0, 0.05) is 17.5 Å². The number of rotatable bonds is 2. The van der Waals surface area contributed by atoms with E-state index in [0.29, 0.717) is 11.4 Å². The van der Waals surface area contributed by atoms with Crippen molar-refractivity contribution in [3.63, 3.8) is 0 Å². The Balaban J connectivity index is 2.09. The third-order valence-electron chi connectivity index (χ3n) is 5.56. The Morgan fingerprint density at radius 2 is 1.52 bits per heavy atom. The summed E-state index contributed by atoms with van der Waals surface area (Å²) >= 11 is 0. The van der Waals surface area contributed by atoms with Crippen molar-refractivity contribution >= 4 is 5.82 Å². The second kappa shape index (κ2) is 9.41. The number of aromatic nitrogens is 1. The van der Waals surface area contributed by atoms with Gasteiger partial charge in [0.1, 0.15) is 23.1 Å². The predicted molar refractivity (Wildman–Crippen MR) is 108 cm³/mol. The highest BCUT2D eigenvalue weighted by molar-refractivity contribution is 5.78. The molecule has 1 aliphatic rings. The molecule has 0 spiro atoms. The van der Waals surface area contributed by atoms with Crippen molar-refractivity contribution in [2.45, 2.75) is 64.2 Å². The van der Waals surface area contributed by atoms with Crippen LogP contribution in [0, 0.1) is 11.3 Å². The van der Waals surface area contributed by atoms with Crippen molar-refractivity contribution in [1.82, 2.24) is 0 Å². The van der Waals surface area contributed by atoms with Crippen molar-refractivity contribution in [2.75, 3.05) is 12.8 Å². The normalized spacial score (nSPS) is 15.7. The number of nitrogen functional groups attached to an aromatic ring is 1. The van der Waals surface area contributed by atoms with Crippen LogP contribution in [0.5, 0.6) is 5.75 Å². The molecular weight excluding hydrogens is 334 g/mol. The lowest BCUT2D eigenvalue weighted by atomic mass is 9.89. The fourth-order valence-electron chi connectivity index (χ4n) is 4.08. The topological polar surface area (TPSA) is 73.2 Å². The maximum Gasteiger partial charge on any atom is 0.289 e. The van der Waals surface area contributed by atoms with Gasteiger partial charge in [-0.1, -0.05) is 50.7 Å². The third kappa shape index (κ3) is 4.60. The minimum atomic E-state index is 0.481. The van der Waals surface area contributed by atoms with Crippen molar-refractivity contribution in [3.05, 3.63) is 41.1 Å². The van der Waals surface area contributed by atoms with Gasteiger partial charge in [0.25, 0.3) is 5.82 Å². The molecule has 0 unspecified atom stereocenters. The van der Waals surface area contributed by atoms with Gasteiger partial charge in [-0.15, -0.1) is 0 Å². The van der Waals surface area contributed by atoms with Crippen molar-refractivity contribution in [3.8, 4) is 22.9 Å². The molecule has 0 bridgehead atoms. The molecule has 0 radical (unpaired) electrons. The average molecular weight is 365 g/mol. The first kappa shape index (κ1) is 19.2. The van der Waals surface area contributed by atoms with Crippen LogP contribution in [0.3, 0.4) is 0 Å². The van der Waals surface area contributed by atoms with E-state index in [-0.39, 0.29) is 0 Å². The van der Waals surface area contributed by atoms with Crippen LogP contribution in [0.25, 0.3) is 11.1 Å². The number of nitrogens with one attached hydrogen (secondary N) is 1. The maximum atomic E-state index is 9.80. The fraction of sp³-hybridized carbons (Fsp3) is 0.478. The first-order valence-corrected chi connectivity index (χ1v) is 10.2. The summed E-state index contributed by atoms with van der Waals surface area (Å²) in [6, 6.07) is 10.3. The summed E-state index contributed by atoms with van der Waals surface area (Å²) in [4.78, 5) is 3.36. The van der Waals surface area contributed by atoms with E-state index in [1.165, 1.54) is 49.8 Å². The van der Waals surface area contributed by atoms with Gasteiger partial charge in [-0.3, -0.25) is 5.73 Å². The highest BCUT2D eigenvalue weighted by Crippen LogP contribution is 2.33. The molecule has 0 aliphatic heterocycles. The van der Waals surface area contributed by atoms with E-state index in [1.807, 2.05) is 24.3 Å². The van der Waals surface area contributed by atoms with E-state index in [2.05, 4.69) is 11.1 Å². The van der Waals surface area contributed by atoms with E-state index < -0.39 is 0 Å². The van der Waals surface area contributed by atoms with Crippen LogP contribution < -0.4 is 15.5 Å². The number of nitrogens with zero attached hydrogens (tertiary/aromatic N) is 1. The quantitative estimate of drug-likeness (QED) is 0.828. The van der Waals surface area contributed by atoms with E-state index in [0.717, 1.165) is 42.6 Å². The zero-order valence-electron chi connectivity index (χ0n) is 16.3. The minimum Gasteiger partial charge on any atom is -0.497 e. The van der Waals surface area contributed by atoms with Gasteiger partial charge in [-0.25, -0.2) is 4.98 Å². The number of fused-ring (bicyclic) bond motifs is 1. The number of anilines is 1. The lowest BCUT2D eigenvalue weighted by Gasteiger charge is -2.16. The molecule has 2 aromatic rings. The second-order valence-corrected chi connectivity index (χ2v) is 7.41. The van der Waals surface area contributed by atoms with Crippen LogP contribution in [0.15, 0.2) is 24.3 Å². The number of nitrogens with two attached hydrogens (primary N) is 1. The lowest BCUT2D eigenvalue weighted by molar-refractivity contribution is -0.374. The predicted octanol–water partition coefficient (Wildman–Crippen LogP) is 4.85. The Morgan fingerprint density at radius 1 is 0.926 bits per heavy atom. The van der Waals surface area contributed by atoms with Crippen molar-refractivity contribution < 1.29 is 9.72 Å². The molecular formula is C23H30N3O+. The molecule has 1 heterocycles. The van der Waals surface area contributed by atoms with Crippen LogP contribution in [0.1, 0.15) is 68.2 Å². The third-order valence-corrected chi connectivity index (χ3v) is 5.56. The smallest absolute Gasteiger partial charge is 0.289 e. The molecule has 1 aromatic carbocycles. The number of methoxy groups -OCH3 is 1. The fourth-order valence-corrected chi connectivity index (χ4v) is 4.08. The van der Waals surface area contributed by atoms with Crippen LogP contribution in [-0.4, -0.2) is 7.11 Å². The van der Waals surface area contributed by atoms with Gasteiger partial charge in [0.2, 0.25) is 0 Å². The molecule has 4 nitrogen and oxygen atoms in total. The average Bonchev–Trinajstić information content (AvgIpc) is 2.68. The SMILES string of the molecule is COc1ccc(-c2c(C#N)c(N)[nH+]c3c2CCCCCCCCCC3)cc1. The molecule has 142 valence electrons. The van der Waals surface area contributed by atoms with Gasteiger partial charge < -0.3 is 4.74 Å². The number of nitriles is 1. The zero-order chi connectivity index (χ0) is 19.1. The second-order valence-electron chi connectivity index (χ2n) is 7.41. The Hall–Kier alpha value is -2.54. The molecule has 4 heteroatoms. The van der Waals surface area contributed by atoms with E-state index in [4.69, 9.17) is 10.5 Å². The van der Waals surface area contributed by atoms with Gasteiger partial charge >= 0.3 is 0 Å². The first-order valence-electron chi connectivity index (χ1n) is 10.2. The summed E-state index contributed by atoms with van der Waals surface area (Å²) in [7, 11) is 1.67. The maximum absolute atomic E-state index is 9.80. The highest BCUT2D eigenvalue weighted by atomic mass is 16.5. The Labute approximate surface area is 162 Å². The lowest BCUT2D eigenvalue weighted by Crippen LogP contribution is -2.22. The summed E-state index contributed by atoms with van der Waals surface area (Å²) in [6.45, 7) is 0. The molecule has 3 N–H and O–H groups in total. The molecule has 27 heavy (non-hydrogen) atoms. The van der Waals surface area contributed by atoms with Gasteiger partial charge in [0.15, 0.2) is 0 Å².